The summed E-state index contributed by atoms with van der Waals surface area (Å²) in [6.07, 6.45) is 3.34. The topological polar surface area (TPSA) is 70.6 Å². The highest BCUT2D eigenvalue weighted by Crippen LogP contribution is 2.20. The number of carbonyl (C=O) groups excluding carboxylic acids is 1. The van der Waals surface area contributed by atoms with Gasteiger partial charge in [0.1, 0.15) is 23.7 Å². The number of anilines is 2. The fourth-order valence-electron chi connectivity index (χ4n) is 3.05. The van der Waals surface area contributed by atoms with Gasteiger partial charge in [0.05, 0.1) is 7.11 Å². The summed E-state index contributed by atoms with van der Waals surface area (Å²) in [5, 5.41) is 3.46. The van der Waals surface area contributed by atoms with Gasteiger partial charge in [-0.1, -0.05) is 6.07 Å². The first-order chi connectivity index (χ1) is 12.6. The van der Waals surface area contributed by atoms with Crippen molar-refractivity contribution in [2.75, 3.05) is 44.5 Å². The lowest BCUT2D eigenvalue weighted by Crippen LogP contribution is -2.42. The number of carbonyl (C=O) groups is 1. The van der Waals surface area contributed by atoms with Gasteiger partial charge in [-0.3, -0.25) is 4.79 Å². The molecule has 7 nitrogen and oxygen atoms in total. The van der Waals surface area contributed by atoms with Crippen molar-refractivity contribution in [1.82, 2.24) is 14.9 Å². The second-order valence-electron chi connectivity index (χ2n) is 6.60. The molecular formula is C19H25N5O2. The molecule has 26 heavy (non-hydrogen) atoms. The van der Waals surface area contributed by atoms with Gasteiger partial charge in [0, 0.05) is 44.9 Å². The molecule has 2 heterocycles. The number of nitrogens with one attached hydrogen (secondary N) is 1. The highest BCUT2D eigenvalue weighted by molar-refractivity contribution is 5.94. The molecule has 2 aromatic rings. The van der Waals surface area contributed by atoms with E-state index in [-0.39, 0.29) is 5.91 Å². The van der Waals surface area contributed by atoms with Gasteiger partial charge >= 0.3 is 0 Å². The van der Waals surface area contributed by atoms with Crippen molar-refractivity contribution in [2.24, 2.45) is 0 Å². The second kappa shape index (κ2) is 8.03. The molecule has 0 aliphatic carbocycles. The van der Waals surface area contributed by atoms with Crippen LogP contribution in [0.1, 0.15) is 23.2 Å². The molecule has 0 spiro atoms. The fraction of sp³-hybridized carbons (Fsp3) is 0.421. The van der Waals surface area contributed by atoms with Gasteiger partial charge in [0.2, 0.25) is 0 Å². The molecule has 0 atom stereocenters. The number of amides is 1. The summed E-state index contributed by atoms with van der Waals surface area (Å²) in [4.78, 5) is 25.0. The molecule has 138 valence electrons. The zero-order chi connectivity index (χ0) is 18.5. The molecule has 0 radical (unpaired) electrons. The zero-order valence-electron chi connectivity index (χ0n) is 15.5. The summed E-state index contributed by atoms with van der Waals surface area (Å²) < 4.78 is 5.21. The summed E-state index contributed by atoms with van der Waals surface area (Å²) in [6, 6.07) is 9.55. The smallest absolute Gasteiger partial charge is 0.253 e. The number of ether oxygens (including phenoxy) is 1. The molecule has 1 amide bonds. The molecule has 0 unspecified atom stereocenters. The first-order valence-electron chi connectivity index (χ1n) is 8.76. The molecular weight excluding hydrogens is 330 g/mol. The summed E-state index contributed by atoms with van der Waals surface area (Å²) >= 11 is 0. The minimum atomic E-state index is 0.0549. The lowest BCUT2D eigenvalue weighted by Gasteiger charge is -2.32. The molecule has 0 saturated carbocycles. The Morgan fingerprint density at radius 2 is 2.00 bits per heavy atom. The van der Waals surface area contributed by atoms with E-state index in [2.05, 4.69) is 15.3 Å². The van der Waals surface area contributed by atoms with E-state index in [1.807, 2.05) is 48.2 Å². The number of rotatable bonds is 5. The number of hydrogen-bond acceptors (Lipinski definition) is 6. The van der Waals surface area contributed by atoms with Gasteiger partial charge < -0.3 is 19.9 Å². The van der Waals surface area contributed by atoms with E-state index in [0.717, 1.165) is 37.6 Å². The fourth-order valence-corrected chi connectivity index (χ4v) is 3.05. The highest BCUT2D eigenvalue weighted by atomic mass is 16.5. The first-order valence-corrected chi connectivity index (χ1v) is 8.76. The van der Waals surface area contributed by atoms with E-state index >= 15 is 0 Å². The molecule has 1 N–H and O–H groups in total. The third-order valence-corrected chi connectivity index (χ3v) is 4.56. The van der Waals surface area contributed by atoms with Crippen LogP contribution in [0.2, 0.25) is 0 Å². The predicted octanol–water partition coefficient (Wildman–Crippen LogP) is 2.27. The Labute approximate surface area is 154 Å². The minimum absolute atomic E-state index is 0.0549. The van der Waals surface area contributed by atoms with Gasteiger partial charge in [-0.05, 0) is 31.0 Å². The Morgan fingerprint density at radius 3 is 2.69 bits per heavy atom. The van der Waals surface area contributed by atoms with Crippen molar-refractivity contribution in [1.29, 1.82) is 0 Å². The van der Waals surface area contributed by atoms with Crippen LogP contribution in [0.15, 0.2) is 36.7 Å². The maximum atomic E-state index is 12.7. The molecule has 1 saturated heterocycles. The monoisotopic (exact) mass is 355 g/mol. The van der Waals surface area contributed by atoms with Crippen LogP contribution in [0.3, 0.4) is 0 Å². The second-order valence-corrected chi connectivity index (χ2v) is 6.60. The number of benzene rings is 1. The van der Waals surface area contributed by atoms with Crippen LogP contribution >= 0.6 is 0 Å². The maximum absolute atomic E-state index is 12.7. The van der Waals surface area contributed by atoms with E-state index in [9.17, 15) is 4.79 Å². The summed E-state index contributed by atoms with van der Waals surface area (Å²) in [7, 11) is 5.51. The van der Waals surface area contributed by atoms with Gasteiger partial charge in [0.15, 0.2) is 0 Å². The van der Waals surface area contributed by atoms with Gasteiger partial charge in [-0.15, -0.1) is 0 Å². The van der Waals surface area contributed by atoms with E-state index in [1.54, 1.807) is 19.5 Å². The van der Waals surface area contributed by atoms with Gasteiger partial charge in [-0.25, -0.2) is 9.97 Å². The van der Waals surface area contributed by atoms with Crippen molar-refractivity contribution >= 4 is 17.5 Å². The predicted molar refractivity (Wildman–Crippen MR) is 102 cm³/mol. The SMILES string of the molecule is COc1cccc(C(=O)N2CCC(Nc3cc(N(C)C)ncn3)CC2)c1. The first kappa shape index (κ1) is 18.0. The number of likely N-dealkylation sites (tertiary alicyclic amines) is 1. The van der Waals surface area contributed by atoms with E-state index in [1.165, 1.54) is 0 Å². The Bertz CT molecular complexity index is 757. The van der Waals surface area contributed by atoms with Crippen LogP contribution in [0.5, 0.6) is 5.75 Å². The van der Waals surface area contributed by atoms with Crippen molar-refractivity contribution < 1.29 is 9.53 Å². The van der Waals surface area contributed by atoms with Crippen molar-refractivity contribution in [3.63, 3.8) is 0 Å². The lowest BCUT2D eigenvalue weighted by molar-refractivity contribution is 0.0718. The third kappa shape index (κ3) is 4.22. The summed E-state index contributed by atoms with van der Waals surface area (Å²) in [5.41, 5.74) is 0.669. The summed E-state index contributed by atoms with van der Waals surface area (Å²) in [6.45, 7) is 1.44. The lowest BCUT2D eigenvalue weighted by atomic mass is 10.0. The molecule has 1 aromatic heterocycles. The number of hydrogen-bond donors (Lipinski definition) is 1. The van der Waals surface area contributed by atoms with Crippen LogP contribution in [0.25, 0.3) is 0 Å². The molecule has 1 aromatic carbocycles. The number of methoxy groups -OCH3 is 1. The van der Waals surface area contributed by atoms with E-state index in [4.69, 9.17) is 4.74 Å². The van der Waals surface area contributed by atoms with Gasteiger partial charge in [-0.2, -0.15) is 0 Å². The minimum Gasteiger partial charge on any atom is -0.497 e. The van der Waals surface area contributed by atoms with Gasteiger partial charge in [0.25, 0.3) is 5.91 Å². The normalized spacial score (nSPS) is 14.8. The van der Waals surface area contributed by atoms with Crippen LogP contribution < -0.4 is 15.0 Å². The zero-order valence-corrected chi connectivity index (χ0v) is 15.5. The van der Waals surface area contributed by atoms with Crippen LogP contribution in [-0.4, -0.2) is 61.1 Å². The third-order valence-electron chi connectivity index (χ3n) is 4.56. The number of aromatic nitrogens is 2. The highest BCUT2D eigenvalue weighted by Gasteiger charge is 2.24. The largest absolute Gasteiger partial charge is 0.497 e. The van der Waals surface area contributed by atoms with Crippen LogP contribution in [-0.2, 0) is 0 Å². The molecule has 1 aliphatic rings. The van der Waals surface area contributed by atoms with Crippen molar-refractivity contribution in [3.05, 3.63) is 42.2 Å². The molecule has 1 fully saturated rings. The van der Waals surface area contributed by atoms with E-state index < -0.39 is 0 Å². The average molecular weight is 355 g/mol. The van der Waals surface area contributed by atoms with Crippen LogP contribution in [0.4, 0.5) is 11.6 Å². The van der Waals surface area contributed by atoms with Crippen molar-refractivity contribution in [3.8, 4) is 5.75 Å². The molecule has 1 aliphatic heterocycles. The Morgan fingerprint density at radius 1 is 1.23 bits per heavy atom. The van der Waals surface area contributed by atoms with Crippen LogP contribution in [0, 0.1) is 0 Å². The maximum Gasteiger partial charge on any atom is 0.253 e. The molecule has 3 rings (SSSR count). The number of piperidine rings is 1. The molecule has 0 bridgehead atoms. The van der Waals surface area contributed by atoms with E-state index in [0.29, 0.717) is 17.4 Å². The Balaban J connectivity index is 1.57. The standard InChI is InChI=1S/C19H25N5O2/c1-23(2)18-12-17(20-13-21-18)22-15-7-9-24(10-8-15)19(25)14-5-4-6-16(11-14)26-3/h4-6,11-13,15H,7-10H2,1-3H3,(H,20,21,22). The van der Waals surface area contributed by atoms with Crippen molar-refractivity contribution in [2.45, 2.75) is 18.9 Å². The Hall–Kier alpha value is -2.83. The Kier molecular flexibility index (Phi) is 5.55. The summed E-state index contributed by atoms with van der Waals surface area (Å²) in [5.74, 6) is 2.45. The quantitative estimate of drug-likeness (QED) is 0.887. The number of nitrogens with zero attached hydrogens (tertiary/aromatic N) is 4. The molecule has 7 heteroatoms. The average Bonchev–Trinajstić information content (AvgIpc) is 2.68.